The van der Waals surface area contributed by atoms with Gasteiger partial charge in [0.05, 0.1) is 0 Å². The van der Waals surface area contributed by atoms with Crippen molar-refractivity contribution in [3.8, 4) is 0 Å². The van der Waals surface area contributed by atoms with Crippen LogP contribution in [0.3, 0.4) is 0 Å². The van der Waals surface area contributed by atoms with E-state index in [1.807, 2.05) is 6.92 Å². The summed E-state index contributed by atoms with van der Waals surface area (Å²) in [7, 11) is 0. The van der Waals surface area contributed by atoms with Gasteiger partial charge in [-0.1, -0.05) is 0 Å². The van der Waals surface area contributed by atoms with Crippen LogP contribution in [0.2, 0.25) is 0 Å². The molecule has 0 aromatic rings. The third-order valence-corrected chi connectivity index (χ3v) is 4.99. The molecule has 0 N–H and O–H groups in total. The van der Waals surface area contributed by atoms with Crippen LogP contribution in [0.5, 0.6) is 0 Å². The normalized spacial score (nSPS) is 19.1. The van der Waals surface area contributed by atoms with E-state index in [0.29, 0.717) is 6.61 Å². The second kappa shape index (κ2) is 5.80. The second-order valence-corrected chi connectivity index (χ2v) is 6.49. The van der Waals surface area contributed by atoms with Crippen LogP contribution in [0.15, 0.2) is 0 Å². The van der Waals surface area contributed by atoms with E-state index in [-0.39, 0.29) is 3.99 Å². The Balaban J connectivity index is 2.15. The standard InChI is InChI=1S/C5H10N.C3H5O2.Sn/c1-2-4-6-5-3-1;1-2-5-3-4;/h1-5H2;2H2,1H3;/q-1;;+1. The summed E-state index contributed by atoms with van der Waals surface area (Å²) in [5.74, 6) is 0. The van der Waals surface area contributed by atoms with Crippen LogP contribution in [-0.2, 0) is 4.74 Å². The quantitative estimate of drug-likeness (QED) is 0.726. The maximum absolute atomic E-state index is 11.1. The monoisotopic (exact) mass is 277 g/mol. The van der Waals surface area contributed by atoms with Crippen LogP contribution in [-0.4, -0.2) is 48.2 Å². The summed E-state index contributed by atoms with van der Waals surface area (Å²) in [6, 6.07) is 0. The number of hydrogen-bond donors (Lipinski definition) is 0. The van der Waals surface area contributed by atoms with Gasteiger partial charge in [0, 0.05) is 0 Å². The number of hydrogen-bond acceptors (Lipinski definition) is 3. The average molecular weight is 276 g/mol. The van der Waals surface area contributed by atoms with E-state index in [9.17, 15) is 4.79 Å². The molecule has 0 bridgehead atoms. The van der Waals surface area contributed by atoms with Gasteiger partial charge in [0.15, 0.2) is 0 Å². The molecule has 0 unspecified atom stereocenters. The molecule has 2 radical (unpaired) electrons. The van der Waals surface area contributed by atoms with Gasteiger partial charge in [0.2, 0.25) is 0 Å². The first kappa shape index (κ1) is 10.3. The van der Waals surface area contributed by atoms with Gasteiger partial charge >= 0.3 is 83.9 Å². The molecule has 0 spiro atoms. The van der Waals surface area contributed by atoms with E-state index in [2.05, 4.69) is 3.12 Å². The molecule has 1 fully saturated rings. The van der Waals surface area contributed by atoms with Gasteiger partial charge in [-0.05, 0) is 0 Å². The molecule has 1 aliphatic rings. The Morgan fingerprint density at radius 3 is 2.67 bits per heavy atom. The fraction of sp³-hybridized carbons (Fsp3) is 0.875. The van der Waals surface area contributed by atoms with Crippen molar-refractivity contribution in [2.75, 3.05) is 19.7 Å². The van der Waals surface area contributed by atoms with Crippen molar-refractivity contribution in [1.29, 1.82) is 0 Å². The molecule has 4 heteroatoms. The molecule has 1 saturated heterocycles. The van der Waals surface area contributed by atoms with Gasteiger partial charge in [-0.25, -0.2) is 0 Å². The summed E-state index contributed by atoms with van der Waals surface area (Å²) >= 11 is -1.02. The summed E-state index contributed by atoms with van der Waals surface area (Å²) in [5.41, 5.74) is 0. The van der Waals surface area contributed by atoms with E-state index in [0.717, 1.165) is 13.1 Å². The van der Waals surface area contributed by atoms with Gasteiger partial charge < -0.3 is 0 Å². The Kier molecular flexibility index (Phi) is 4.99. The van der Waals surface area contributed by atoms with Gasteiger partial charge in [-0.15, -0.1) is 0 Å². The zero-order valence-electron chi connectivity index (χ0n) is 7.51. The van der Waals surface area contributed by atoms with E-state index in [1.165, 1.54) is 19.3 Å². The SMILES string of the molecule is CCO[C](=O)[Sn][N]1CCCCC1. The molecule has 1 aliphatic heterocycles. The fourth-order valence-electron chi connectivity index (χ4n) is 1.30. The number of ether oxygens (including phenoxy) is 1. The predicted molar refractivity (Wildman–Crippen MR) is 48.2 cm³/mol. The summed E-state index contributed by atoms with van der Waals surface area (Å²) in [6.07, 6.45) is 3.86. The van der Waals surface area contributed by atoms with Gasteiger partial charge in [-0.2, -0.15) is 0 Å². The minimum absolute atomic E-state index is 0.0861. The molecule has 68 valence electrons. The summed E-state index contributed by atoms with van der Waals surface area (Å²) < 4.78 is 7.36. The van der Waals surface area contributed by atoms with Gasteiger partial charge in [-0.3, -0.25) is 0 Å². The Labute approximate surface area is 84.0 Å². The van der Waals surface area contributed by atoms with Crippen LogP contribution in [0.25, 0.3) is 0 Å². The minimum atomic E-state index is -1.02. The van der Waals surface area contributed by atoms with Gasteiger partial charge in [0.1, 0.15) is 0 Å². The molecule has 0 amide bonds. The molecule has 0 aromatic heterocycles. The average Bonchev–Trinajstić information content (AvgIpc) is 2.06. The molecule has 1 rings (SSSR count). The van der Waals surface area contributed by atoms with E-state index < -0.39 is 21.4 Å². The van der Waals surface area contributed by atoms with Crippen LogP contribution in [0, 0.1) is 0 Å². The van der Waals surface area contributed by atoms with Gasteiger partial charge in [0.25, 0.3) is 0 Å². The van der Waals surface area contributed by atoms with Crippen molar-refractivity contribution in [1.82, 2.24) is 3.12 Å². The number of rotatable bonds is 3. The van der Waals surface area contributed by atoms with Crippen LogP contribution in [0.4, 0.5) is 4.79 Å². The van der Waals surface area contributed by atoms with Crippen molar-refractivity contribution in [3.63, 3.8) is 0 Å². The number of carbonyl (C=O) groups is 1. The van der Waals surface area contributed by atoms with Crippen molar-refractivity contribution in [2.45, 2.75) is 26.2 Å². The molecular formula is C8H15NO2Sn. The van der Waals surface area contributed by atoms with Crippen molar-refractivity contribution in [3.05, 3.63) is 0 Å². The Hall–Kier alpha value is 0.229. The van der Waals surface area contributed by atoms with Crippen molar-refractivity contribution < 1.29 is 9.53 Å². The zero-order valence-corrected chi connectivity index (χ0v) is 10.4. The molecule has 0 atom stereocenters. The van der Waals surface area contributed by atoms with Crippen LogP contribution in [0.1, 0.15) is 26.2 Å². The molecule has 0 saturated carbocycles. The summed E-state index contributed by atoms with van der Waals surface area (Å²) in [5, 5.41) is 0. The Morgan fingerprint density at radius 2 is 2.08 bits per heavy atom. The van der Waals surface area contributed by atoms with Crippen LogP contribution >= 0.6 is 0 Å². The first-order valence-electron chi connectivity index (χ1n) is 4.51. The fourth-order valence-corrected chi connectivity index (χ4v) is 4.17. The molecule has 1 heterocycles. The molecule has 0 aliphatic carbocycles. The van der Waals surface area contributed by atoms with E-state index >= 15 is 0 Å². The topological polar surface area (TPSA) is 29.5 Å². The maximum atomic E-state index is 11.1. The Bertz CT molecular complexity index is 146. The van der Waals surface area contributed by atoms with Crippen molar-refractivity contribution >= 4 is 25.4 Å². The summed E-state index contributed by atoms with van der Waals surface area (Å²) in [4.78, 5) is 11.1. The first-order valence-corrected chi connectivity index (χ1v) is 7.21. The first-order chi connectivity index (χ1) is 5.83. The zero-order chi connectivity index (χ0) is 8.81. The number of piperidine rings is 1. The van der Waals surface area contributed by atoms with E-state index in [1.54, 1.807) is 0 Å². The number of carbonyl (C=O) groups excluding carboxylic acids is 1. The molecule has 3 nitrogen and oxygen atoms in total. The molecular weight excluding hydrogens is 261 g/mol. The third kappa shape index (κ3) is 3.76. The predicted octanol–water partition coefficient (Wildman–Crippen LogP) is 1.25. The number of nitrogens with zero attached hydrogens (tertiary/aromatic N) is 1. The second-order valence-electron chi connectivity index (χ2n) is 2.88. The summed E-state index contributed by atoms with van der Waals surface area (Å²) in [6.45, 7) is 4.66. The van der Waals surface area contributed by atoms with E-state index in [4.69, 9.17) is 4.74 Å². The third-order valence-electron chi connectivity index (χ3n) is 1.88. The van der Waals surface area contributed by atoms with Crippen molar-refractivity contribution in [2.24, 2.45) is 0 Å². The Morgan fingerprint density at radius 1 is 1.42 bits per heavy atom. The molecule has 0 aromatic carbocycles. The van der Waals surface area contributed by atoms with Crippen LogP contribution < -0.4 is 0 Å². The molecule has 12 heavy (non-hydrogen) atoms.